The third-order valence-electron chi connectivity index (χ3n) is 10.1. The molecule has 5 heteroatoms. The van der Waals surface area contributed by atoms with Crippen LogP contribution in [0.1, 0.15) is 77.2 Å². The minimum absolute atomic E-state index is 0.179. The normalized spacial score (nSPS) is 44.9. The van der Waals surface area contributed by atoms with E-state index >= 15 is 0 Å². The molecule has 0 aromatic heterocycles. The molecule has 172 valence electrons. The van der Waals surface area contributed by atoms with Gasteiger partial charge in [-0.2, -0.15) is 8.42 Å². The Labute approximate surface area is 187 Å². The molecule has 0 aliphatic heterocycles. The summed E-state index contributed by atoms with van der Waals surface area (Å²) < 4.78 is 31.6. The average Bonchev–Trinajstić information content (AvgIpc) is 2.98. The van der Waals surface area contributed by atoms with E-state index in [0.29, 0.717) is 29.6 Å². The fourth-order valence-electron chi connectivity index (χ4n) is 8.27. The van der Waals surface area contributed by atoms with Crippen LogP contribution in [0.3, 0.4) is 0 Å². The third-order valence-corrected chi connectivity index (χ3v) is 11.4. The third kappa shape index (κ3) is 3.41. The average molecular weight is 447 g/mol. The van der Waals surface area contributed by atoms with Crippen molar-refractivity contribution in [1.82, 2.24) is 0 Å². The Hall–Kier alpha value is -0.910. The van der Waals surface area contributed by atoms with Gasteiger partial charge in [-0.3, -0.25) is 4.18 Å². The summed E-state index contributed by atoms with van der Waals surface area (Å²) in [6.45, 7) is 6.66. The molecule has 4 aliphatic carbocycles. The van der Waals surface area contributed by atoms with Gasteiger partial charge < -0.3 is 5.11 Å². The minimum atomic E-state index is -3.88. The number of aryl methyl sites for hydroxylation is 1. The van der Waals surface area contributed by atoms with Gasteiger partial charge in [-0.25, -0.2) is 0 Å². The number of rotatable bonds is 3. The van der Waals surface area contributed by atoms with Crippen LogP contribution in [-0.4, -0.2) is 25.7 Å². The van der Waals surface area contributed by atoms with Gasteiger partial charge in [0, 0.05) is 0 Å². The largest absolute Gasteiger partial charge is 0.390 e. The van der Waals surface area contributed by atoms with Crippen molar-refractivity contribution >= 4 is 10.1 Å². The molecule has 4 aliphatic rings. The highest BCUT2D eigenvalue weighted by Crippen LogP contribution is 2.66. The molecule has 0 spiro atoms. The predicted molar refractivity (Wildman–Crippen MR) is 121 cm³/mol. The lowest BCUT2D eigenvalue weighted by atomic mass is 9.45. The van der Waals surface area contributed by atoms with Crippen molar-refractivity contribution in [3.8, 4) is 0 Å². The van der Waals surface area contributed by atoms with E-state index in [2.05, 4.69) is 13.8 Å². The lowest BCUT2D eigenvalue weighted by Crippen LogP contribution is -2.53. The molecule has 31 heavy (non-hydrogen) atoms. The second-order valence-corrected chi connectivity index (χ2v) is 13.1. The van der Waals surface area contributed by atoms with Gasteiger partial charge in [0.1, 0.15) is 6.10 Å². The van der Waals surface area contributed by atoms with Crippen LogP contribution in [0.15, 0.2) is 29.2 Å². The summed E-state index contributed by atoms with van der Waals surface area (Å²) in [6, 6.07) is 6.77. The maximum absolute atomic E-state index is 12.9. The van der Waals surface area contributed by atoms with E-state index in [9.17, 15) is 13.5 Å². The van der Waals surface area contributed by atoms with Crippen LogP contribution in [0, 0.1) is 41.4 Å². The molecule has 4 nitrogen and oxygen atoms in total. The zero-order valence-electron chi connectivity index (χ0n) is 19.2. The summed E-state index contributed by atoms with van der Waals surface area (Å²) in [5, 5.41) is 11.3. The molecule has 4 fully saturated rings. The van der Waals surface area contributed by atoms with E-state index in [1.807, 2.05) is 6.92 Å². The number of benzene rings is 1. The molecule has 1 N–H and O–H groups in total. The molecule has 0 amide bonds. The van der Waals surface area contributed by atoms with E-state index in [0.717, 1.165) is 17.9 Å². The summed E-state index contributed by atoms with van der Waals surface area (Å²) in [7, 11) is -3.88. The zero-order valence-corrected chi connectivity index (χ0v) is 20.0. The smallest absolute Gasteiger partial charge is 0.297 e. The first kappa shape index (κ1) is 21.9. The van der Waals surface area contributed by atoms with Gasteiger partial charge in [0.05, 0.1) is 11.0 Å². The Bertz CT molecular complexity index is 925. The van der Waals surface area contributed by atoms with Crippen molar-refractivity contribution in [3.05, 3.63) is 29.8 Å². The number of fused-ring (bicyclic) bond motifs is 5. The fourth-order valence-corrected chi connectivity index (χ4v) is 9.36. The molecular weight excluding hydrogens is 408 g/mol. The molecular formula is C26H38O4S. The van der Waals surface area contributed by atoms with Crippen LogP contribution in [0.5, 0.6) is 0 Å². The van der Waals surface area contributed by atoms with Crippen molar-refractivity contribution in [2.45, 2.75) is 95.7 Å². The molecule has 8 unspecified atom stereocenters. The fraction of sp³-hybridized carbons (Fsp3) is 0.769. The highest BCUT2D eigenvalue weighted by Gasteiger charge is 2.62. The Kier molecular flexibility index (Phi) is 5.35. The Morgan fingerprint density at radius 3 is 2.42 bits per heavy atom. The Morgan fingerprint density at radius 1 is 0.935 bits per heavy atom. The first-order valence-corrected chi connectivity index (χ1v) is 13.7. The monoisotopic (exact) mass is 446 g/mol. The number of aliphatic hydroxyl groups is 1. The topological polar surface area (TPSA) is 63.6 Å². The minimum Gasteiger partial charge on any atom is -0.390 e. The summed E-state index contributed by atoms with van der Waals surface area (Å²) in [6.07, 6.45) is 9.41. The highest BCUT2D eigenvalue weighted by atomic mass is 32.2. The van der Waals surface area contributed by atoms with E-state index in [1.165, 1.54) is 44.9 Å². The first-order chi connectivity index (χ1) is 14.6. The SMILES string of the molecule is Cc1ccc(S(=O)(=O)OC2CC3C4CCC5CCCCC5(C)C4CCC3(C)C2O)cc1. The van der Waals surface area contributed by atoms with Crippen LogP contribution >= 0.6 is 0 Å². The number of aliphatic hydroxyl groups excluding tert-OH is 1. The zero-order chi connectivity index (χ0) is 22.0. The Morgan fingerprint density at radius 2 is 1.68 bits per heavy atom. The number of hydrogen-bond acceptors (Lipinski definition) is 4. The molecule has 8 atom stereocenters. The second-order valence-electron chi connectivity index (χ2n) is 11.5. The van der Waals surface area contributed by atoms with Gasteiger partial charge in [0.25, 0.3) is 10.1 Å². The van der Waals surface area contributed by atoms with Gasteiger partial charge in [-0.05, 0) is 98.5 Å². The van der Waals surface area contributed by atoms with Gasteiger partial charge >= 0.3 is 0 Å². The Balaban J connectivity index is 1.39. The van der Waals surface area contributed by atoms with Crippen LogP contribution < -0.4 is 0 Å². The lowest BCUT2D eigenvalue weighted by Gasteiger charge is -2.60. The molecule has 1 aromatic rings. The van der Waals surface area contributed by atoms with E-state index in [4.69, 9.17) is 4.18 Å². The van der Waals surface area contributed by atoms with E-state index in [-0.39, 0.29) is 10.3 Å². The number of hydrogen-bond donors (Lipinski definition) is 1. The molecule has 5 rings (SSSR count). The van der Waals surface area contributed by atoms with Gasteiger partial charge in [0.2, 0.25) is 0 Å². The molecule has 0 saturated heterocycles. The maximum Gasteiger partial charge on any atom is 0.297 e. The summed E-state index contributed by atoms with van der Waals surface area (Å²) in [4.78, 5) is 0.179. The van der Waals surface area contributed by atoms with Crippen LogP contribution in [0.2, 0.25) is 0 Å². The first-order valence-electron chi connectivity index (χ1n) is 12.3. The van der Waals surface area contributed by atoms with E-state index < -0.39 is 22.3 Å². The summed E-state index contributed by atoms with van der Waals surface area (Å²) in [5.74, 6) is 2.50. The van der Waals surface area contributed by atoms with Crippen molar-refractivity contribution < 1.29 is 17.7 Å². The van der Waals surface area contributed by atoms with Gasteiger partial charge in [0.15, 0.2) is 0 Å². The summed E-state index contributed by atoms with van der Waals surface area (Å²) >= 11 is 0. The predicted octanol–water partition coefficient (Wildman–Crippen LogP) is 5.47. The lowest BCUT2D eigenvalue weighted by molar-refractivity contribution is -0.122. The van der Waals surface area contributed by atoms with Crippen molar-refractivity contribution in [3.63, 3.8) is 0 Å². The molecule has 0 heterocycles. The molecule has 1 aromatic carbocycles. The van der Waals surface area contributed by atoms with Crippen molar-refractivity contribution in [2.24, 2.45) is 34.5 Å². The van der Waals surface area contributed by atoms with Crippen molar-refractivity contribution in [2.75, 3.05) is 0 Å². The van der Waals surface area contributed by atoms with Gasteiger partial charge in [-0.1, -0.05) is 44.4 Å². The van der Waals surface area contributed by atoms with Crippen LogP contribution in [-0.2, 0) is 14.3 Å². The summed E-state index contributed by atoms with van der Waals surface area (Å²) in [5.41, 5.74) is 1.20. The maximum atomic E-state index is 12.9. The standard InChI is InChI=1S/C26H38O4S/c1-17-7-10-19(11-8-17)31(28,29)30-23-16-22-20-12-9-18-6-4-5-14-25(18,2)21(20)13-15-26(22,3)24(23)27/h7-8,10-11,18,20-24,27H,4-6,9,12-16H2,1-3H3. The van der Waals surface area contributed by atoms with Crippen LogP contribution in [0.4, 0.5) is 0 Å². The second kappa shape index (κ2) is 7.56. The van der Waals surface area contributed by atoms with Crippen molar-refractivity contribution in [1.29, 1.82) is 0 Å². The van der Waals surface area contributed by atoms with E-state index in [1.54, 1.807) is 24.3 Å². The van der Waals surface area contributed by atoms with Crippen LogP contribution in [0.25, 0.3) is 0 Å². The van der Waals surface area contributed by atoms with Gasteiger partial charge in [-0.15, -0.1) is 0 Å². The molecule has 4 saturated carbocycles. The molecule has 0 bridgehead atoms. The molecule has 0 radical (unpaired) electrons. The highest BCUT2D eigenvalue weighted by molar-refractivity contribution is 7.86. The quantitative estimate of drug-likeness (QED) is 0.625.